The lowest BCUT2D eigenvalue weighted by Gasteiger charge is -2.27. The number of para-hydroxylation sites is 1. The van der Waals surface area contributed by atoms with E-state index in [1.807, 2.05) is 31.2 Å². The number of amides is 2. The maximum absolute atomic E-state index is 12.7. The number of benzene rings is 2. The summed E-state index contributed by atoms with van der Waals surface area (Å²) >= 11 is 0. The number of carbonyl (C=O) groups excluding carboxylic acids is 2. The van der Waals surface area contributed by atoms with Crippen LogP contribution in [0.3, 0.4) is 0 Å². The SMILES string of the molecule is Cc1cccc(C(=O)Nc2ccccc2C(=O)NC2CCC(N)CC2)c1. The lowest BCUT2D eigenvalue weighted by molar-refractivity contribution is 0.0927. The van der Waals surface area contributed by atoms with Gasteiger partial charge >= 0.3 is 0 Å². The quantitative estimate of drug-likeness (QED) is 0.790. The molecule has 0 radical (unpaired) electrons. The highest BCUT2D eigenvalue weighted by Gasteiger charge is 2.22. The Labute approximate surface area is 154 Å². The molecule has 3 rings (SSSR count). The van der Waals surface area contributed by atoms with Crippen LogP contribution in [0.15, 0.2) is 48.5 Å². The predicted molar refractivity (Wildman–Crippen MR) is 103 cm³/mol. The van der Waals surface area contributed by atoms with E-state index in [0.717, 1.165) is 31.2 Å². The van der Waals surface area contributed by atoms with Crippen LogP contribution in [0.2, 0.25) is 0 Å². The number of aryl methyl sites for hydroxylation is 1. The summed E-state index contributed by atoms with van der Waals surface area (Å²) in [6.45, 7) is 1.94. The molecule has 0 atom stereocenters. The number of carbonyl (C=O) groups is 2. The van der Waals surface area contributed by atoms with E-state index in [4.69, 9.17) is 5.73 Å². The molecule has 2 aromatic carbocycles. The second-order valence-electron chi connectivity index (χ2n) is 6.95. The molecule has 2 amide bonds. The first-order chi connectivity index (χ1) is 12.5. The van der Waals surface area contributed by atoms with E-state index in [1.165, 1.54) is 0 Å². The minimum atomic E-state index is -0.224. The molecular weight excluding hydrogens is 326 g/mol. The summed E-state index contributed by atoms with van der Waals surface area (Å²) in [7, 11) is 0. The van der Waals surface area contributed by atoms with E-state index < -0.39 is 0 Å². The Hall–Kier alpha value is -2.66. The summed E-state index contributed by atoms with van der Waals surface area (Å²) in [5.41, 5.74) is 8.50. The minimum Gasteiger partial charge on any atom is -0.349 e. The fraction of sp³-hybridized carbons (Fsp3) is 0.333. The van der Waals surface area contributed by atoms with Crippen LogP contribution in [0.4, 0.5) is 5.69 Å². The lowest BCUT2D eigenvalue weighted by Crippen LogP contribution is -2.40. The predicted octanol–water partition coefficient (Wildman–Crippen LogP) is 3.25. The summed E-state index contributed by atoms with van der Waals surface area (Å²) in [6.07, 6.45) is 3.64. The summed E-state index contributed by atoms with van der Waals surface area (Å²) < 4.78 is 0. The summed E-state index contributed by atoms with van der Waals surface area (Å²) in [5, 5.41) is 5.93. The van der Waals surface area contributed by atoms with E-state index in [-0.39, 0.29) is 23.9 Å². The van der Waals surface area contributed by atoms with Gasteiger partial charge in [-0.2, -0.15) is 0 Å². The van der Waals surface area contributed by atoms with Crippen molar-refractivity contribution >= 4 is 17.5 Å². The molecule has 0 saturated heterocycles. The summed E-state index contributed by atoms with van der Waals surface area (Å²) in [4.78, 5) is 25.2. The molecule has 26 heavy (non-hydrogen) atoms. The maximum Gasteiger partial charge on any atom is 0.255 e. The average molecular weight is 351 g/mol. The van der Waals surface area contributed by atoms with E-state index in [1.54, 1.807) is 24.3 Å². The van der Waals surface area contributed by atoms with E-state index in [2.05, 4.69) is 10.6 Å². The van der Waals surface area contributed by atoms with Crippen molar-refractivity contribution in [3.05, 3.63) is 65.2 Å². The Morgan fingerprint density at radius 2 is 1.69 bits per heavy atom. The lowest BCUT2D eigenvalue weighted by atomic mass is 9.91. The standard InChI is InChI=1S/C21H25N3O2/c1-14-5-4-6-15(13-14)20(25)24-19-8-3-2-7-18(19)21(26)23-17-11-9-16(22)10-12-17/h2-8,13,16-17H,9-12,22H2,1H3,(H,23,26)(H,24,25). The first-order valence-electron chi connectivity index (χ1n) is 9.06. The van der Waals surface area contributed by atoms with Gasteiger partial charge in [-0.15, -0.1) is 0 Å². The molecule has 1 fully saturated rings. The summed E-state index contributed by atoms with van der Waals surface area (Å²) in [5.74, 6) is -0.386. The second kappa shape index (κ2) is 8.15. The Balaban J connectivity index is 1.71. The molecule has 1 aliphatic carbocycles. The summed E-state index contributed by atoms with van der Waals surface area (Å²) in [6, 6.07) is 14.8. The smallest absolute Gasteiger partial charge is 0.255 e. The number of anilines is 1. The topological polar surface area (TPSA) is 84.2 Å². The van der Waals surface area contributed by atoms with Crippen LogP contribution in [0, 0.1) is 6.92 Å². The first-order valence-corrected chi connectivity index (χ1v) is 9.06. The van der Waals surface area contributed by atoms with Crippen molar-refractivity contribution in [3.63, 3.8) is 0 Å². The van der Waals surface area contributed by atoms with Crippen LogP contribution in [-0.2, 0) is 0 Å². The van der Waals surface area contributed by atoms with Gasteiger partial charge in [-0.3, -0.25) is 9.59 Å². The van der Waals surface area contributed by atoms with Gasteiger partial charge in [-0.1, -0.05) is 29.8 Å². The molecule has 4 N–H and O–H groups in total. The van der Waals surface area contributed by atoms with Gasteiger partial charge in [-0.05, 0) is 56.9 Å². The number of nitrogens with one attached hydrogen (secondary N) is 2. The zero-order valence-electron chi connectivity index (χ0n) is 15.0. The van der Waals surface area contributed by atoms with E-state index in [9.17, 15) is 9.59 Å². The van der Waals surface area contributed by atoms with Gasteiger partial charge < -0.3 is 16.4 Å². The molecule has 1 saturated carbocycles. The zero-order chi connectivity index (χ0) is 18.5. The molecule has 0 heterocycles. The normalized spacial score (nSPS) is 19.6. The van der Waals surface area contributed by atoms with Crippen LogP contribution < -0.4 is 16.4 Å². The Morgan fingerprint density at radius 1 is 0.962 bits per heavy atom. The van der Waals surface area contributed by atoms with Crippen molar-refractivity contribution in [2.75, 3.05) is 5.32 Å². The molecule has 0 bridgehead atoms. The Bertz CT molecular complexity index is 795. The molecule has 0 aliphatic heterocycles. The first kappa shape index (κ1) is 18.1. The third-order valence-corrected chi connectivity index (χ3v) is 4.81. The molecule has 1 aliphatic rings. The highest BCUT2D eigenvalue weighted by atomic mass is 16.2. The van der Waals surface area contributed by atoms with Gasteiger partial charge in [0.25, 0.3) is 11.8 Å². The number of hydrogen-bond donors (Lipinski definition) is 3. The van der Waals surface area contributed by atoms with Crippen LogP contribution >= 0.6 is 0 Å². The molecular formula is C21H25N3O2. The molecule has 5 nitrogen and oxygen atoms in total. The maximum atomic E-state index is 12.7. The molecule has 2 aromatic rings. The Kier molecular flexibility index (Phi) is 5.68. The second-order valence-corrected chi connectivity index (χ2v) is 6.95. The fourth-order valence-electron chi connectivity index (χ4n) is 3.30. The third-order valence-electron chi connectivity index (χ3n) is 4.81. The fourth-order valence-corrected chi connectivity index (χ4v) is 3.30. The van der Waals surface area contributed by atoms with Crippen molar-refractivity contribution in [2.45, 2.75) is 44.7 Å². The van der Waals surface area contributed by atoms with Crippen LogP contribution in [-0.4, -0.2) is 23.9 Å². The number of hydrogen-bond acceptors (Lipinski definition) is 3. The van der Waals surface area contributed by atoms with Crippen LogP contribution in [0.1, 0.15) is 52.0 Å². The number of nitrogens with two attached hydrogens (primary N) is 1. The van der Waals surface area contributed by atoms with Crippen molar-refractivity contribution in [1.82, 2.24) is 5.32 Å². The van der Waals surface area contributed by atoms with Gasteiger partial charge in [-0.25, -0.2) is 0 Å². The van der Waals surface area contributed by atoms with E-state index >= 15 is 0 Å². The molecule has 5 heteroatoms. The van der Waals surface area contributed by atoms with Gasteiger partial charge in [0.2, 0.25) is 0 Å². The van der Waals surface area contributed by atoms with Gasteiger partial charge in [0.15, 0.2) is 0 Å². The van der Waals surface area contributed by atoms with Crippen molar-refractivity contribution < 1.29 is 9.59 Å². The average Bonchev–Trinajstić information content (AvgIpc) is 2.64. The van der Waals surface area contributed by atoms with Crippen LogP contribution in [0.25, 0.3) is 0 Å². The van der Waals surface area contributed by atoms with Gasteiger partial charge in [0, 0.05) is 17.6 Å². The minimum absolute atomic E-state index is 0.142. The monoisotopic (exact) mass is 351 g/mol. The molecule has 0 spiro atoms. The van der Waals surface area contributed by atoms with E-state index in [0.29, 0.717) is 16.8 Å². The van der Waals surface area contributed by atoms with Gasteiger partial charge in [0.05, 0.1) is 11.3 Å². The zero-order valence-corrected chi connectivity index (χ0v) is 15.0. The Morgan fingerprint density at radius 3 is 2.42 bits per heavy atom. The highest BCUT2D eigenvalue weighted by molar-refractivity contribution is 6.09. The third kappa shape index (κ3) is 4.49. The largest absolute Gasteiger partial charge is 0.349 e. The molecule has 136 valence electrons. The highest BCUT2D eigenvalue weighted by Crippen LogP contribution is 2.20. The van der Waals surface area contributed by atoms with Crippen molar-refractivity contribution in [1.29, 1.82) is 0 Å². The van der Waals surface area contributed by atoms with Crippen molar-refractivity contribution in [3.8, 4) is 0 Å². The molecule has 0 aromatic heterocycles. The van der Waals surface area contributed by atoms with Crippen molar-refractivity contribution in [2.24, 2.45) is 5.73 Å². The molecule has 0 unspecified atom stereocenters. The van der Waals surface area contributed by atoms with Gasteiger partial charge in [0.1, 0.15) is 0 Å². The number of rotatable bonds is 4. The van der Waals surface area contributed by atoms with Crippen LogP contribution in [0.5, 0.6) is 0 Å².